The van der Waals surface area contributed by atoms with Gasteiger partial charge in [-0.1, -0.05) is 30.3 Å². The zero-order chi connectivity index (χ0) is 17.4. The van der Waals surface area contributed by atoms with Crippen molar-refractivity contribution < 1.29 is 4.79 Å². The summed E-state index contributed by atoms with van der Waals surface area (Å²) in [7, 11) is 3.45. The Kier molecular flexibility index (Phi) is 3.82. The van der Waals surface area contributed by atoms with Gasteiger partial charge in [0.05, 0.1) is 5.69 Å². The van der Waals surface area contributed by atoms with Crippen molar-refractivity contribution in [2.45, 2.75) is 0 Å². The van der Waals surface area contributed by atoms with E-state index in [1.165, 1.54) is 16.2 Å². The average molecular weight is 348 g/mol. The molecule has 4 aromatic rings. The zero-order valence-corrected chi connectivity index (χ0v) is 14.7. The number of benzene rings is 1. The third kappa shape index (κ3) is 2.81. The molecule has 3 heterocycles. The van der Waals surface area contributed by atoms with Gasteiger partial charge in [-0.15, -0.1) is 11.3 Å². The second-order valence-corrected chi connectivity index (χ2v) is 6.78. The molecule has 124 valence electrons. The second kappa shape index (κ2) is 6.14. The molecule has 1 N–H and O–H groups in total. The van der Waals surface area contributed by atoms with E-state index in [-0.39, 0.29) is 5.91 Å². The standard InChI is InChI=1S/C19H16N4OS/c1-23(2)19(24)18-22-16(11-25-18)15-10-21-17-14(15)8-13(9-20-17)12-6-4-3-5-7-12/h3-11H,1-2H3,(H,20,21). The highest BCUT2D eigenvalue weighted by Crippen LogP contribution is 2.31. The van der Waals surface area contributed by atoms with Crippen LogP contribution in [0, 0.1) is 0 Å². The highest BCUT2D eigenvalue weighted by atomic mass is 32.1. The number of H-pyrrole nitrogens is 1. The number of fused-ring (bicyclic) bond motifs is 1. The molecular formula is C19H16N4OS. The number of aromatic amines is 1. The fourth-order valence-electron chi connectivity index (χ4n) is 2.69. The monoisotopic (exact) mass is 348 g/mol. The molecule has 0 saturated heterocycles. The minimum absolute atomic E-state index is 0.0841. The van der Waals surface area contributed by atoms with Crippen LogP contribution in [0.3, 0.4) is 0 Å². The molecule has 0 bridgehead atoms. The van der Waals surface area contributed by atoms with Crippen LogP contribution in [0.25, 0.3) is 33.4 Å². The number of hydrogen-bond acceptors (Lipinski definition) is 4. The summed E-state index contributed by atoms with van der Waals surface area (Å²) >= 11 is 1.36. The molecule has 25 heavy (non-hydrogen) atoms. The Hall–Kier alpha value is -2.99. The lowest BCUT2D eigenvalue weighted by Crippen LogP contribution is -2.21. The minimum Gasteiger partial charge on any atom is -0.345 e. The molecule has 0 spiro atoms. The number of thiazole rings is 1. The quantitative estimate of drug-likeness (QED) is 0.607. The van der Waals surface area contributed by atoms with Crippen LogP contribution in [-0.4, -0.2) is 39.9 Å². The average Bonchev–Trinajstić information content (AvgIpc) is 3.27. The van der Waals surface area contributed by atoms with Gasteiger partial charge in [-0.3, -0.25) is 4.79 Å². The molecule has 0 radical (unpaired) electrons. The van der Waals surface area contributed by atoms with Gasteiger partial charge in [0.15, 0.2) is 5.01 Å². The topological polar surface area (TPSA) is 61.9 Å². The van der Waals surface area contributed by atoms with Crippen molar-refractivity contribution in [1.82, 2.24) is 19.9 Å². The lowest BCUT2D eigenvalue weighted by atomic mass is 10.1. The molecule has 6 heteroatoms. The van der Waals surface area contributed by atoms with Crippen molar-refractivity contribution in [1.29, 1.82) is 0 Å². The number of aromatic nitrogens is 3. The molecule has 0 aliphatic carbocycles. The lowest BCUT2D eigenvalue weighted by Gasteiger charge is -2.06. The number of pyridine rings is 1. The van der Waals surface area contributed by atoms with Crippen molar-refractivity contribution in [3.05, 3.63) is 59.2 Å². The van der Waals surface area contributed by atoms with E-state index in [1.807, 2.05) is 36.0 Å². The van der Waals surface area contributed by atoms with Gasteiger partial charge in [0.2, 0.25) is 0 Å². The van der Waals surface area contributed by atoms with E-state index in [1.54, 1.807) is 14.1 Å². The van der Waals surface area contributed by atoms with Crippen molar-refractivity contribution >= 4 is 28.3 Å². The van der Waals surface area contributed by atoms with Crippen molar-refractivity contribution in [2.24, 2.45) is 0 Å². The summed E-state index contributed by atoms with van der Waals surface area (Å²) in [6.07, 6.45) is 3.76. The summed E-state index contributed by atoms with van der Waals surface area (Å²) in [4.78, 5) is 25.8. The Morgan fingerprint density at radius 1 is 1.16 bits per heavy atom. The maximum absolute atomic E-state index is 12.1. The number of amides is 1. The fourth-order valence-corrected chi connectivity index (χ4v) is 3.53. The Morgan fingerprint density at radius 3 is 2.72 bits per heavy atom. The van der Waals surface area contributed by atoms with Gasteiger partial charge in [-0.05, 0) is 11.6 Å². The van der Waals surface area contributed by atoms with E-state index in [2.05, 4.69) is 33.2 Å². The molecule has 0 atom stereocenters. The summed E-state index contributed by atoms with van der Waals surface area (Å²) in [5.74, 6) is -0.0841. The number of carbonyl (C=O) groups is 1. The number of nitrogens with one attached hydrogen (secondary N) is 1. The highest BCUT2D eigenvalue weighted by molar-refractivity contribution is 7.12. The third-order valence-corrected chi connectivity index (χ3v) is 4.84. The molecule has 0 fully saturated rings. The van der Waals surface area contributed by atoms with E-state index >= 15 is 0 Å². The molecule has 3 aromatic heterocycles. The van der Waals surface area contributed by atoms with Crippen molar-refractivity contribution in [3.8, 4) is 22.4 Å². The van der Waals surface area contributed by atoms with Gasteiger partial charge >= 0.3 is 0 Å². The SMILES string of the molecule is CN(C)C(=O)c1nc(-c2c[nH]c3ncc(-c4ccccc4)cc23)cs1. The first-order valence-electron chi connectivity index (χ1n) is 7.83. The van der Waals surface area contributed by atoms with E-state index in [9.17, 15) is 4.79 Å². The van der Waals surface area contributed by atoms with Gasteiger partial charge in [-0.25, -0.2) is 9.97 Å². The number of hydrogen-bond donors (Lipinski definition) is 1. The summed E-state index contributed by atoms with van der Waals surface area (Å²) in [5.41, 5.74) is 4.71. The molecule has 5 nitrogen and oxygen atoms in total. The lowest BCUT2D eigenvalue weighted by molar-refractivity contribution is 0.0827. The van der Waals surface area contributed by atoms with E-state index in [4.69, 9.17) is 0 Å². The van der Waals surface area contributed by atoms with Gasteiger partial charge in [-0.2, -0.15) is 0 Å². The second-order valence-electron chi connectivity index (χ2n) is 5.93. The minimum atomic E-state index is -0.0841. The van der Waals surface area contributed by atoms with Crippen LogP contribution in [0.2, 0.25) is 0 Å². The van der Waals surface area contributed by atoms with Gasteiger partial charge in [0.1, 0.15) is 5.65 Å². The molecule has 0 unspecified atom stereocenters. The van der Waals surface area contributed by atoms with Gasteiger partial charge < -0.3 is 9.88 Å². The van der Waals surface area contributed by atoms with Gasteiger partial charge in [0.25, 0.3) is 5.91 Å². The Morgan fingerprint density at radius 2 is 1.96 bits per heavy atom. The zero-order valence-electron chi connectivity index (χ0n) is 13.9. The normalized spacial score (nSPS) is 11.0. The Labute approximate surface area is 149 Å². The molecule has 0 aliphatic heterocycles. The fraction of sp³-hybridized carbons (Fsp3) is 0.105. The van der Waals surface area contributed by atoms with Crippen molar-refractivity contribution in [3.63, 3.8) is 0 Å². The van der Waals surface area contributed by atoms with E-state index in [0.717, 1.165) is 33.4 Å². The molecule has 1 amide bonds. The highest BCUT2D eigenvalue weighted by Gasteiger charge is 2.16. The van der Waals surface area contributed by atoms with Crippen LogP contribution in [0.5, 0.6) is 0 Å². The predicted molar refractivity (Wildman–Crippen MR) is 101 cm³/mol. The van der Waals surface area contributed by atoms with Crippen LogP contribution in [0.1, 0.15) is 9.80 Å². The molecular weight excluding hydrogens is 332 g/mol. The number of carbonyl (C=O) groups excluding carboxylic acids is 1. The first-order chi connectivity index (χ1) is 12.1. The third-order valence-electron chi connectivity index (χ3n) is 4.01. The number of nitrogens with zero attached hydrogens (tertiary/aromatic N) is 3. The van der Waals surface area contributed by atoms with Crippen LogP contribution in [-0.2, 0) is 0 Å². The maximum atomic E-state index is 12.1. The summed E-state index contributed by atoms with van der Waals surface area (Å²) in [5, 5.41) is 3.39. The smallest absolute Gasteiger partial charge is 0.282 e. The largest absolute Gasteiger partial charge is 0.345 e. The molecule has 0 saturated carbocycles. The van der Waals surface area contributed by atoms with Gasteiger partial charge in [0, 0.05) is 48.4 Å². The van der Waals surface area contributed by atoms with Crippen LogP contribution >= 0.6 is 11.3 Å². The first kappa shape index (κ1) is 15.5. The molecule has 0 aliphatic rings. The van der Waals surface area contributed by atoms with Crippen LogP contribution in [0.4, 0.5) is 0 Å². The number of rotatable bonds is 3. The molecule has 1 aromatic carbocycles. The van der Waals surface area contributed by atoms with E-state index < -0.39 is 0 Å². The first-order valence-corrected chi connectivity index (χ1v) is 8.71. The molecule has 4 rings (SSSR count). The maximum Gasteiger partial charge on any atom is 0.282 e. The predicted octanol–water partition coefficient (Wildman–Crippen LogP) is 4.06. The summed E-state index contributed by atoms with van der Waals surface area (Å²) < 4.78 is 0. The Balaban J connectivity index is 1.79. The summed E-state index contributed by atoms with van der Waals surface area (Å²) in [6.45, 7) is 0. The summed E-state index contributed by atoms with van der Waals surface area (Å²) in [6, 6.07) is 12.2. The van der Waals surface area contributed by atoms with Crippen LogP contribution < -0.4 is 0 Å². The van der Waals surface area contributed by atoms with Crippen LogP contribution in [0.15, 0.2) is 54.2 Å². The van der Waals surface area contributed by atoms with Crippen molar-refractivity contribution in [2.75, 3.05) is 14.1 Å². The Bertz CT molecular complexity index is 1050. The van der Waals surface area contributed by atoms with E-state index in [0.29, 0.717) is 5.01 Å².